The summed E-state index contributed by atoms with van der Waals surface area (Å²) in [4.78, 5) is 22.2. The van der Waals surface area contributed by atoms with Crippen LogP contribution in [0.5, 0.6) is 0 Å². The minimum atomic E-state index is -3.99. The number of aromatic nitrogens is 2. The van der Waals surface area contributed by atoms with Gasteiger partial charge < -0.3 is 10.4 Å². The van der Waals surface area contributed by atoms with Crippen LogP contribution in [0.4, 0.5) is 10.1 Å². The molecule has 30 heavy (non-hydrogen) atoms. The summed E-state index contributed by atoms with van der Waals surface area (Å²) >= 11 is 0. The highest BCUT2D eigenvalue weighted by Crippen LogP contribution is 2.19. The number of carbonyl (C=O) groups is 2. The molecule has 0 bridgehead atoms. The van der Waals surface area contributed by atoms with Crippen LogP contribution in [-0.4, -0.2) is 41.7 Å². The first-order valence-corrected chi connectivity index (χ1v) is 10.2. The Hall–Kier alpha value is -3.73. The van der Waals surface area contributed by atoms with E-state index in [4.69, 9.17) is 5.11 Å². The first-order chi connectivity index (χ1) is 14.3. The smallest absolute Gasteiger partial charge is 0.305 e. The Morgan fingerprint density at radius 3 is 2.47 bits per heavy atom. The molecule has 156 valence electrons. The average molecular weight is 432 g/mol. The summed E-state index contributed by atoms with van der Waals surface area (Å²) in [5.41, 5.74) is 0.559. The molecule has 11 heteroatoms. The number of hydrogen-bond acceptors (Lipinski definition) is 5. The third-order valence-electron chi connectivity index (χ3n) is 3.99. The van der Waals surface area contributed by atoms with Crippen LogP contribution in [0.1, 0.15) is 16.8 Å². The molecule has 1 amide bonds. The van der Waals surface area contributed by atoms with E-state index in [1.165, 1.54) is 48.7 Å². The second kappa shape index (κ2) is 8.74. The number of hydrogen-bond donors (Lipinski definition) is 3. The van der Waals surface area contributed by atoms with E-state index in [1.54, 1.807) is 6.07 Å². The van der Waals surface area contributed by atoms with Crippen molar-refractivity contribution in [1.29, 1.82) is 0 Å². The van der Waals surface area contributed by atoms with Crippen molar-refractivity contribution in [3.63, 3.8) is 0 Å². The van der Waals surface area contributed by atoms with Gasteiger partial charge in [-0.3, -0.25) is 14.3 Å². The van der Waals surface area contributed by atoms with Gasteiger partial charge in [-0.25, -0.2) is 17.5 Å². The van der Waals surface area contributed by atoms with Crippen LogP contribution in [0.15, 0.2) is 65.8 Å². The van der Waals surface area contributed by atoms with Gasteiger partial charge in [-0.05, 0) is 36.4 Å². The van der Waals surface area contributed by atoms with Crippen molar-refractivity contribution in [2.24, 2.45) is 0 Å². The summed E-state index contributed by atoms with van der Waals surface area (Å²) in [7, 11) is -3.99. The van der Waals surface area contributed by atoms with Crippen molar-refractivity contribution in [1.82, 2.24) is 15.1 Å². The fraction of sp³-hybridized carbons (Fsp3) is 0.105. The average Bonchev–Trinajstić information content (AvgIpc) is 3.19. The number of nitrogens with one attached hydrogen (secondary N) is 2. The molecule has 1 aromatic heterocycles. The predicted octanol–water partition coefficient (Wildman–Crippen LogP) is 2.02. The molecule has 0 aliphatic carbocycles. The molecule has 0 saturated carbocycles. The quantitative estimate of drug-likeness (QED) is 0.499. The van der Waals surface area contributed by atoms with Crippen molar-refractivity contribution in [3.05, 3.63) is 72.3 Å². The lowest BCUT2D eigenvalue weighted by molar-refractivity contribution is -0.136. The topological polar surface area (TPSA) is 130 Å². The lowest BCUT2D eigenvalue weighted by atomic mass is 10.2. The van der Waals surface area contributed by atoms with Crippen LogP contribution in [-0.2, 0) is 14.8 Å². The van der Waals surface area contributed by atoms with E-state index in [-0.39, 0.29) is 34.8 Å². The van der Waals surface area contributed by atoms with Gasteiger partial charge in [0.15, 0.2) is 0 Å². The Labute approximate surface area is 171 Å². The molecule has 0 saturated heterocycles. The Bertz CT molecular complexity index is 1180. The number of benzene rings is 2. The third kappa shape index (κ3) is 5.00. The Morgan fingerprint density at radius 2 is 1.80 bits per heavy atom. The van der Waals surface area contributed by atoms with E-state index in [9.17, 15) is 22.4 Å². The zero-order valence-electron chi connectivity index (χ0n) is 15.4. The first kappa shape index (κ1) is 21.0. The van der Waals surface area contributed by atoms with Gasteiger partial charge in [0.2, 0.25) is 0 Å². The minimum absolute atomic E-state index is 0.0193. The molecule has 0 radical (unpaired) electrons. The van der Waals surface area contributed by atoms with Crippen LogP contribution in [0.2, 0.25) is 0 Å². The molecular weight excluding hydrogens is 415 g/mol. The fourth-order valence-electron chi connectivity index (χ4n) is 2.50. The maximum atomic E-state index is 13.9. The van der Waals surface area contributed by atoms with Gasteiger partial charge >= 0.3 is 5.97 Å². The van der Waals surface area contributed by atoms with Crippen LogP contribution < -0.4 is 10.0 Å². The van der Waals surface area contributed by atoms with Gasteiger partial charge in [-0.15, -0.1) is 0 Å². The van der Waals surface area contributed by atoms with E-state index in [0.29, 0.717) is 0 Å². The zero-order valence-corrected chi connectivity index (χ0v) is 16.3. The van der Waals surface area contributed by atoms with Crippen molar-refractivity contribution in [2.45, 2.75) is 11.3 Å². The normalized spacial score (nSPS) is 11.1. The SMILES string of the molecule is O=C(O)CCNC(=O)c1ccc(NS(=O)(=O)c2cnn(-c3ccccc3F)c2)cc1. The molecule has 0 unspecified atom stereocenters. The fourth-order valence-corrected chi connectivity index (χ4v) is 3.49. The molecule has 9 nitrogen and oxygen atoms in total. The number of halogens is 1. The van der Waals surface area contributed by atoms with Gasteiger partial charge in [0.1, 0.15) is 16.4 Å². The molecule has 0 fully saturated rings. The zero-order chi connectivity index (χ0) is 21.7. The van der Waals surface area contributed by atoms with Gasteiger partial charge in [0.25, 0.3) is 15.9 Å². The van der Waals surface area contributed by atoms with Gasteiger partial charge in [0.05, 0.1) is 18.8 Å². The van der Waals surface area contributed by atoms with Crippen molar-refractivity contribution in [3.8, 4) is 5.69 Å². The molecule has 3 aromatic rings. The van der Waals surface area contributed by atoms with Crippen molar-refractivity contribution in [2.75, 3.05) is 11.3 Å². The number of amides is 1. The molecule has 0 aliphatic rings. The Morgan fingerprint density at radius 1 is 1.10 bits per heavy atom. The third-order valence-corrected chi connectivity index (χ3v) is 5.33. The number of rotatable bonds is 8. The summed E-state index contributed by atoms with van der Waals surface area (Å²) in [6, 6.07) is 11.4. The number of nitrogens with zero attached hydrogens (tertiary/aromatic N) is 2. The molecular formula is C19H17FN4O5S. The van der Waals surface area contributed by atoms with E-state index >= 15 is 0 Å². The van der Waals surface area contributed by atoms with Crippen LogP contribution in [0, 0.1) is 5.82 Å². The standard InChI is InChI=1S/C19H17FN4O5S/c20-16-3-1-2-4-17(16)24-12-15(11-22-24)30(28,29)23-14-7-5-13(6-8-14)19(27)21-10-9-18(25)26/h1-8,11-12,23H,9-10H2,(H,21,27)(H,25,26). The molecule has 0 atom stereocenters. The number of carboxylic acid groups (broad SMARTS) is 1. The lowest BCUT2D eigenvalue weighted by Gasteiger charge is -2.08. The Balaban J connectivity index is 1.69. The maximum absolute atomic E-state index is 13.9. The monoisotopic (exact) mass is 432 g/mol. The van der Waals surface area contributed by atoms with Crippen molar-refractivity contribution >= 4 is 27.6 Å². The molecule has 0 aliphatic heterocycles. The number of aliphatic carboxylic acids is 1. The summed E-state index contributed by atoms with van der Waals surface area (Å²) in [5, 5.41) is 14.9. The molecule has 0 spiro atoms. The van der Waals surface area contributed by atoms with Gasteiger partial charge in [-0.1, -0.05) is 12.1 Å². The highest BCUT2D eigenvalue weighted by atomic mass is 32.2. The second-order valence-electron chi connectivity index (χ2n) is 6.15. The predicted molar refractivity (Wildman–Crippen MR) is 105 cm³/mol. The minimum Gasteiger partial charge on any atom is -0.481 e. The number of carboxylic acids is 1. The molecule has 2 aromatic carbocycles. The van der Waals surface area contributed by atoms with E-state index in [0.717, 1.165) is 10.9 Å². The molecule has 1 heterocycles. The van der Waals surface area contributed by atoms with E-state index < -0.39 is 27.7 Å². The first-order valence-electron chi connectivity index (χ1n) is 8.69. The highest BCUT2D eigenvalue weighted by Gasteiger charge is 2.18. The van der Waals surface area contributed by atoms with E-state index in [1.807, 2.05) is 0 Å². The summed E-state index contributed by atoms with van der Waals surface area (Å²) in [6.07, 6.45) is 2.08. The second-order valence-corrected chi connectivity index (χ2v) is 7.84. The summed E-state index contributed by atoms with van der Waals surface area (Å²) in [6.45, 7) is -0.0193. The molecule has 3 N–H and O–H groups in total. The number of para-hydroxylation sites is 1. The van der Waals surface area contributed by atoms with Gasteiger partial charge in [0, 0.05) is 17.8 Å². The van der Waals surface area contributed by atoms with Crippen LogP contribution in [0.3, 0.4) is 0 Å². The maximum Gasteiger partial charge on any atom is 0.305 e. The summed E-state index contributed by atoms with van der Waals surface area (Å²) in [5.74, 6) is -2.05. The number of sulfonamides is 1. The Kier molecular flexibility index (Phi) is 6.11. The number of anilines is 1. The van der Waals surface area contributed by atoms with Crippen LogP contribution in [0.25, 0.3) is 5.69 Å². The lowest BCUT2D eigenvalue weighted by Crippen LogP contribution is -2.25. The van der Waals surface area contributed by atoms with Crippen LogP contribution >= 0.6 is 0 Å². The van der Waals surface area contributed by atoms with E-state index in [2.05, 4.69) is 15.1 Å². The van der Waals surface area contributed by atoms with Gasteiger partial charge in [-0.2, -0.15) is 5.10 Å². The van der Waals surface area contributed by atoms with Crippen molar-refractivity contribution < 1.29 is 27.5 Å². The highest BCUT2D eigenvalue weighted by molar-refractivity contribution is 7.92. The largest absolute Gasteiger partial charge is 0.481 e. The molecule has 3 rings (SSSR count). The summed E-state index contributed by atoms with van der Waals surface area (Å²) < 4.78 is 42.5. The number of carbonyl (C=O) groups excluding carboxylic acids is 1.